The van der Waals surface area contributed by atoms with E-state index in [1.807, 2.05) is 6.92 Å². The van der Waals surface area contributed by atoms with E-state index >= 15 is 0 Å². The van der Waals surface area contributed by atoms with Crippen LogP contribution in [-0.2, 0) is 9.53 Å². The first-order chi connectivity index (χ1) is 13.4. The number of rotatable bonds is 4. The molecule has 1 aliphatic rings. The van der Waals surface area contributed by atoms with E-state index in [4.69, 9.17) is 4.74 Å². The molecule has 7 heteroatoms. The van der Waals surface area contributed by atoms with Crippen LogP contribution in [0.15, 0.2) is 46.9 Å². The van der Waals surface area contributed by atoms with Crippen molar-refractivity contribution >= 4 is 39.4 Å². The zero-order chi connectivity index (χ0) is 20.3. The molecule has 2 aromatic carbocycles. The highest BCUT2D eigenvalue weighted by atomic mass is 79.9. The predicted octanol–water partition coefficient (Wildman–Crippen LogP) is 3.79. The minimum Gasteiger partial charge on any atom is -0.467 e. The van der Waals surface area contributed by atoms with Gasteiger partial charge in [0.15, 0.2) is 0 Å². The van der Waals surface area contributed by atoms with Gasteiger partial charge in [-0.15, -0.1) is 0 Å². The Balaban J connectivity index is 1.81. The van der Waals surface area contributed by atoms with Crippen LogP contribution in [0.1, 0.15) is 39.1 Å². The van der Waals surface area contributed by atoms with Crippen LogP contribution in [0.3, 0.4) is 0 Å². The second kappa shape index (κ2) is 8.56. The lowest BCUT2D eigenvalue weighted by Gasteiger charge is -2.23. The number of nitrogens with zero attached hydrogens (tertiary/aromatic N) is 1. The van der Waals surface area contributed by atoms with Crippen molar-refractivity contribution in [2.75, 3.05) is 19.0 Å². The van der Waals surface area contributed by atoms with Crippen LogP contribution < -0.4 is 5.32 Å². The molecule has 2 amide bonds. The third-order valence-corrected chi connectivity index (χ3v) is 5.35. The van der Waals surface area contributed by atoms with Crippen molar-refractivity contribution in [3.8, 4) is 0 Å². The highest BCUT2D eigenvalue weighted by Gasteiger charge is 2.35. The van der Waals surface area contributed by atoms with Gasteiger partial charge in [0.2, 0.25) is 0 Å². The van der Waals surface area contributed by atoms with Gasteiger partial charge in [-0.25, -0.2) is 4.79 Å². The van der Waals surface area contributed by atoms with Crippen LogP contribution in [0.4, 0.5) is 5.69 Å². The number of benzene rings is 2. The molecule has 0 aromatic heterocycles. The van der Waals surface area contributed by atoms with Crippen molar-refractivity contribution in [1.82, 2.24) is 4.90 Å². The summed E-state index contributed by atoms with van der Waals surface area (Å²) in [6, 6.07) is 11.6. The van der Waals surface area contributed by atoms with Crippen molar-refractivity contribution < 1.29 is 19.1 Å². The Morgan fingerprint density at radius 3 is 2.46 bits per heavy atom. The molecule has 1 atom stereocenters. The summed E-state index contributed by atoms with van der Waals surface area (Å²) in [5.74, 6) is -0.900. The van der Waals surface area contributed by atoms with Crippen molar-refractivity contribution in [3.63, 3.8) is 0 Å². The molecular weight excluding hydrogens is 424 g/mol. The van der Waals surface area contributed by atoms with Crippen molar-refractivity contribution in [2.24, 2.45) is 0 Å². The number of hydrogen-bond donors (Lipinski definition) is 1. The van der Waals surface area contributed by atoms with Crippen molar-refractivity contribution in [3.05, 3.63) is 63.6 Å². The number of esters is 1. The Kier molecular flexibility index (Phi) is 6.14. The van der Waals surface area contributed by atoms with Crippen molar-refractivity contribution in [1.29, 1.82) is 0 Å². The molecule has 6 nitrogen and oxygen atoms in total. The number of nitrogens with one attached hydrogen (secondary N) is 1. The molecule has 1 heterocycles. The maximum Gasteiger partial charge on any atom is 0.328 e. The standard InChI is InChI=1S/C21H21BrN2O4/c1-13-5-6-15(20(26)24-11-3-4-18(24)21(27)28-2)12-17(13)23-19(25)14-7-9-16(22)10-8-14/h5-10,12,18H,3-4,11H2,1-2H3,(H,23,25). The maximum absolute atomic E-state index is 12.9. The van der Waals surface area contributed by atoms with Crippen LogP contribution in [0.5, 0.6) is 0 Å². The smallest absolute Gasteiger partial charge is 0.328 e. The largest absolute Gasteiger partial charge is 0.467 e. The van der Waals surface area contributed by atoms with Crippen LogP contribution in [-0.4, -0.2) is 42.4 Å². The predicted molar refractivity (Wildman–Crippen MR) is 109 cm³/mol. The van der Waals surface area contributed by atoms with E-state index in [0.29, 0.717) is 29.8 Å². The number of ether oxygens (including phenoxy) is 1. The first-order valence-corrected chi connectivity index (χ1v) is 9.76. The number of anilines is 1. The molecule has 3 rings (SSSR count). The number of carbonyl (C=O) groups excluding carboxylic acids is 3. The maximum atomic E-state index is 12.9. The van der Waals surface area contributed by atoms with Gasteiger partial charge >= 0.3 is 5.97 Å². The van der Waals surface area contributed by atoms with E-state index in [-0.39, 0.29) is 11.8 Å². The number of hydrogen-bond acceptors (Lipinski definition) is 4. The summed E-state index contributed by atoms with van der Waals surface area (Å²) >= 11 is 3.34. The second-order valence-corrected chi connectivity index (χ2v) is 7.59. The van der Waals surface area contributed by atoms with Gasteiger partial charge in [0.25, 0.3) is 11.8 Å². The van der Waals surface area contributed by atoms with Gasteiger partial charge in [-0.1, -0.05) is 22.0 Å². The SMILES string of the molecule is COC(=O)C1CCCN1C(=O)c1ccc(C)c(NC(=O)c2ccc(Br)cc2)c1. The fraction of sp³-hybridized carbons (Fsp3) is 0.286. The number of amides is 2. The molecule has 1 saturated heterocycles. The average molecular weight is 445 g/mol. The Hall–Kier alpha value is -2.67. The zero-order valence-electron chi connectivity index (χ0n) is 15.7. The number of likely N-dealkylation sites (tertiary alicyclic amines) is 1. The summed E-state index contributed by atoms with van der Waals surface area (Å²) in [4.78, 5) is 38.9. The van der Waals surface area contributed by atoms with Gasteiger partial charge in [0, 0.05) is 27.8 Å². The quantitative estimate of drug-likeness (QED) is 0.727. The van der Waals surface area contributed by atoms with E-state index in [1.165, 1.54) is 12.0 Å². The topological polar surface area (TPSA) is 75.7 Å². The summed E-state index contributed by atoms with van der Waals surface area (Å²) in [5, 5.41) is 2.86. The van der Waals surface area contributed by atoms with Crippen LogP contribution in [0.2, 0.25) is 0 Å². The summed E-state index contributed by atoms with van der Waals surface area (Å²) in [7, 11) is 1.32. The minimum absolute atomic E-state index is 0.243. The third-order valence-electron chi connectivity index (χ3n) is 4.83. The fourth-order valence-electron chi connectivity index (χ4n) is 3.24. The molecule has 0 aliphatic carbocycles. The molecule has 0 spiro atoms. The van der Waals surface area contributed by atoms with E-state index in [9.17, 15) is 14.4 Å². The number of aryl methyl sites for hydroxylation is 1. The molecule has 0 saturated carbocycles. The number of methoxy groups -OCH3 is 1. The minimum atomic E-state index is -0.556. The monoisotopic (exact) mass is 444 g/mol. The summed E-state index contributed by atoms with van der Waals surface area (Å²) in [6.45, 7) is 2.37. The van der Waals surface area contributed by atoms with Gasteiger partial charge in [-0.3, -0.25) is 9.59 Å². The van der Waals surface area contributed by atoms with E-state index < -0.39 is 12.0 Å². The molecule has 1 unspecified atom stereocenters. The molecule has 1 N–H and O–H groups in total. The number of halogens is 1. The summed E-state index contributed by atoms with van der Waals surface area (Å²) in [6.07, 6.45) is 1.35. The highest BCUT2D eigenvalue weighted by molar-refractivity contribution is 9.10. The van der Waals surface area contributed by atoms with Crippen molar-refractivity contribution in [2.45, 2.75) is 25.8 Å². The number of carbonyl (C=O) groups is 3. The molecule has 2 aromatic rings. The summed E-state index contributed by atoms with van der Waals surface area (Å²) in [5.41, 5.74) is 2.35. The van der Waals surface area contributed by atoms with Crippen LogP contribution in [0, 0.1) is 6.92 Å². The lowest BCUT2D eigenvalue weighted by molar-refractivity contribution is -0.145. The Labute approximate surface area is 172 Å². The summed E-state index contributed by atoms with van der Waals surface area (Å²) < 4.78 is 5.70. The van der Waals surface area contributed by atoms with Gasteiger partial charge < -0.3 is 15.0 Å². The zero-order valence-corrected chi connectivity index (χ0v) is 17.3. The fourth-order valence-corrected chi connectivity index (χ4v) is 3.51. The Bertz CT molecular complexity index is 911. The molecule has 1 aliphatic heterocycles. The van der Waals surface area contributed by atoms with E-state index in [1.54, 1.807) is 42.5 Å². The Morgan fingerprint density at radius 1 is 1.11 bits per heavy atom. The van der Waals surface area contributed by atoms with E-state index in [2.05, 4.69) is 21.2 Å². The van der Waals surface area contributed by atoms with Gasteiger partial charge in [0.05, 0.1) is 7.11 Å². The molecule has 0 radical (unpaired) electrons. The van der Waals surface area contributed by atoms with Crippen LogP contribution >= 0.6 is 15.9 Å². The molecule has 0 bridgehead atoms. The highest BCUT2D eigenvalue weighted by Crippen LogP contribution is 2.24. The second-order valence-electron chi connectivity index (χ2n) is 6.67. The molecule has 146 valence electrons. The van der Waals surface area contributed by atoms with Gasteiger partial charge in [-0.05, 0) is 61.7 Å². The van der Waals surface area contributed by atoms with Gasteiger partial charge in [-0.2, -0.15) is 0 Å². The first kappa shape index (κ1) is 20.1. The van der Waals surface area contributed by atoms with Crippen LogP contribution in [0.25, 0.3) is 0 Å². The Morgan fingerprint density at radius 2 is 1.79 bits per heavy atom. The lowest BCUT2D eigenvalue weighted by Crippen LogP contribution is -2.41. The molecule has 1 fully saturated rings. The molecular formula is C21H21BrN2O4. The third kappa shape index (κ3) is 4.25. The molecule has 28 heavy (non-hydrogen) atoms. The average Bonchev–Trinajstić information content (AvgIpc) is 3.18. The first-order valence-electron chi connectivity index (χ1n) is 8.97. The van der Waals surface area contributed by atoms with E-state index in [0.717, 1.165) is 16.5 Å². The van der Waals surface area contributed by atoms with Gasteiger partial charge in [0.1, 0.15) is 6.04 Å². The normalized spacial score (nSPS) is 16.0. The lowest BCUT2D eigenvalue weighted by atomic mass is 10.1.